The second-order valence-corrected chi connectivity index (χ2v) is 5.31. The quantitative estimate of drug-likeness (QED) is 0.875. The normalized spacial score (nSPS) is 14.3. The molecule has 18 heavy (non-hydrogen) atoms. The first-order chi connectivity index (χ1) is 8.22. The van der Waals surface area contributed by atoms with Crippen LogP contribution >= 0.6 is 28.3 Å². The summed E-state index contributed by atoms with van der Waals surface area (Å²) in [6, 6.07) is 5.63. The van der Waals surface area contributed by atoms with Crippen molar-refractivity contribution < 1.29 is 4.52 Å². The summed E-state index contributed by atoms with van der Waals surface area (Å²) in [6.07, 6.45) is 3.48. The van der Waals surface area contributed by atoms with Crippen LogP contribution in [0.2, 0.25) is 0 Å². The van der Waals surface area contributed by atoms with E-state index in [0.717, 1.165) is 28.2 Å². The highest BCUT2D eigenvalue weighted by Gasteiger charge is 2.24. The van der Waals surface area contributed by atoms with Crippen molar-refractivity contribution in [1.29, 1.82) is 0 Å². The number of benzene rings is 1. The summed E-state index contributed by atoms with van der Waals surface area (Å²) in [6.45, 7) is 0. The molecule has 0 atom stereocenters. The number of nitrogen functional groups attached to an aromatic ring is 1. The number of nitrogens with zero attached hydrogens (tertiary/aromatic N) is 2. The predicted octanol–water partition coefficient (Wildman–Crippen LogP) is 3.46. The van der Waals surface area contributed by atoms with Gasteiger partial charge >= 0.3 is 0 Å². The molecule has 1 heterocycles. The predicted molar refractivity (Wildman–Crippen MR) is 75.5 cm³/mol. The number of rotatable bonds is 3. The van der Waals surface area contributed by atoms with Gasteiger partial charge in [-0.1, -0.05) is 21.1 Å². The molecule has 0 saturated heterocycles. The first-order valence-electron chi connectivity index (χ1n) is 5.60. The van der Waals surface area contributed by atoms with Crippen LogP contribution in [0.4, 0.5) is 5.69 Å². The molecule has 0 amide bonds. The van der Waals surface area contributed by atoms with E-state index in [4.69, 9.17) is 10.3 Å². The lowest BCUT2D eigenvalue weighted by atomic mass is 10.2. The monoisotopic (exact) mass is 329 g/mol. The summed E-state index contributed by atoms with van der Waals surface area (Å²) in [5, 5.41) is 3.98. The zero-order chi connectivity index (χ0) is 11.8. The smallest absolute Gasteiger partial charge is 0.260 e. The number of anilines is 1. The highest BCUT2D eigenvalue weighted by atomic mass is 79.9. The van der Waals surface area contributed by atoms with Crippen LogP contribution in [0.3, 0.4) is 0 Å². The van der Waals surface area contributed by atoms with Crippen molar-refractivity contribution in [2.24, 2.45) is 5.92 Å². The van der Waals surface area contributed by atoms with Gasteiger partial charge in [-0.2, -0.15) is 4.98 Å². The molecule has 0 aliphatic heterocycles. The van der Waals surface area contributed by atoms with Gasteiger partial charge in [-0.05, 0) is 37.0 Å². The Morgan fingerprint density at radius 1 is 1.39 bits per heavy atom. The van der Waals surface area contributed by atoms with E-state index < -0.39 is 0 Å². The van der Waals surface area contributed by atoms with Gasteiger partial charge in [-0.3, -0.25) is 0 Å². The van der Waals surface area contributed by atoms with Gasteiger partial charge in [0, 0.05) is 16.6 Å². The van der Waals surface area contributed by atoms with E-state index in [1.54, 1.807) is 0 Å². The topological polar surface area (TPSA) is 64.9 Å². The van der Waals surface area contributed by atoms with E-state index in [1.807, 2.05) is 18.2 Å². The maximum absolute atomic E-state index is 5.92. The Labute approximate surface area is 119 Å². The fourth-order valence-electron chi connectivity index (χ4n) is 1.75. The van der Waals surface area contributed by atoms with Gasteiger partial charge in [0.1, 0.15) is 0 Å². The number of hydrogen-bond acceptors (Lipinski definition) is 4. The molecule has 0 spiro atoms. The molecule has 1 aliphatic carbocycles. The molecular formula is C12H13BrClN3O. The Bertz CT molecular complexity index is 554. The highest BCUT2D eigenvalue weighted by molar-refractivity contribution is 9.10. The van der Waals surface area contributed by atoms with Crippen molar-refractivity contribution in [1.82, 2.24) is 10.1 Å². The zero-order valence-electron chi connectivity index (χ0n) is 9.60. The second kappa shape index (κ2) is 5.28. The van der Waals surface area contributed by atoms with Crippen LogP contribution in [0.5, 0.6) is 0 Å². The lowest BCUT2D eigenvalue weighted by molar-refractivity contribution is 0.421. The molecule has 1 fully saturated rings. The summed E-state index contributed by atoms with van der Waals surface area (Å²) in [4.78, 5) is 4.38. The standard InChI is InChI=1S/C12H12BrN3O.ClH/c13-8-3-4-9(10(14)6-8)12-15-11(16-17-12)5-7-1-2-7;/h3-4,6-7H,1-2,5,14H2;1H. The van der Waals surface area contributed by atoms with Gasteiger partial charge in [0.25, 0.3) is 5.89 Å². The minimum atomic E-state index is 0. The van der Waals surface area contributed by atoms with Gasteiger partial charge in [-0.15, -0.1) is 12.4 Å². The lowest BCUT2D eigenvalue weighted by Crippen LogP contribution is -1.92. The molecule has 1 aromatic carbocycles. The van der Waals surface area contributed by atoms with Crippen molar-refractivity contribution in [2.75, 3.05) is 5.73 Å². The number of nitrogens with two attached hydrogens (primary N) is 1. The fraction of sp³-hybridized carbons (Fsp3) is 0.333. The Morgan fingerprint density at radius 3 is 2.83 bits per heavy atom. The van der Waals surface area contributed by atoms with Crippen molar-refractivity contribution in [3.05, 3.63) is 28.5 Å². The SMILES string of the molecule is Cl.Nc1cc(Br)ccc1-c1nc(CC2CC2)no1. The molecule has 3 rings (SSSR count). The molecule has 2 aromatic rings. The minimum Gasteiger partial charge on any atom is -0.398 e. The van der Waals surface area contributed by atoms with E-state index in [2.05, 4.69) is 26.1 Å². The molecule has 1 aliphatic rings. The van der Waals surface area contributed by atoms with Crippen LogP contribution in [0.15, 0.2) is 27.2 Å². The molecule has 4 nitrogen and oxygen atoms in total. The Hall–Kier alpha value is -1.07. The lowest BCUT2D eigenvalue weighted by Gasteiger charge is -2.00. The number of hydrogen-bond donors (Lipinski definition) is 1. The van der Waals surface area contributed by atoms with Gasteiger partial charge in [-0.25, -0.2) is 0 Å². The van der Waals surface area contributed by atoms with E-state index in [-0.39, 0.29) is 12.4 Å². The molecule has 6 heteroatoms. The van der Waals surface area contributed by atoms with Crippen LogP contribution in [-0.2, 0) is 6.42 Å². The first kappa shape index (κ1) is 13.4. The third kappa shape index (κ3) is 2.84. The average molecular weight is 331 g/mol. The van der Waals surface area contributed by atoms with E-state index in [9.17, 15) is 0 Å². The third-order valence-corrected chi connectivity index (χ3v) is 3.37. The van der Waals surface area contributed by atoms with Crippen LogP contribution < -0.4 is 5.73 Å². The second-order valence-electron chi connectivity index (χ2n) is 4.39. The Morgan fingerprint density at radius 2 is 2.17 bits per heavy atom. The molecule has 0 unspecified atom stereocenters. The van der Waals surface area contributed by atoms with Gasteiger partial charge < -0.3 is 10.3 Å². The zero-order valence-corrected chi connectivity index (χ0v) is 12.0. The van der Waals surface area contributed by atoms with Crippen LogP contribution in [0.25, 0.3) is 11.5 Å². The van der Waals surface area contributed by atoms with E-state index in [1.165, 1.54) is 12.8 Å². The third-order valence-electron chi connectivity index (χ3n) is 2.88. The first-order valence-corrected chi connectivity index (χ1v) is 6.39. The average Bonchev–Trinajstić information content (AvgIpc) is 2.96. The number of aromatic nitrogens is 2. The molecule has 96 valence electrons. The highest BCUT2D eigenvalue weighted by Crippen LogP contribution is 2.33. The maximum Gasteiger partial charge on any atom is 0.260 e. The van der Waals surface area contributed by atoms with E-state index >= 15 is 0 Å². The summed E-state index contributed by atoms with van der Waals surface area (Å²) >= 11 is 3.37. The molecule has 1 saturated carbocycles. The van der Waals surface area contributed by atoms with Gasteiger partial charge in [0.05, 0.1) is 5.56 Å². The van der Waals surface area contributed by atoms with Gasteiger partial charge in [0.2, 0.25) is 0 Å². The number of halogens is 2. The Kier molecular flexibility index (Phi) is 3.92. The molecule has 0 bridgehead atoms. The summed E-state index contributed by atoms with van der Waals surface area (Å²) in [5.74, 6) is 2.04. The summed E-state index contributed by atoms with van der Waals surface area (Å²) in [7, 11) is 0. The fourth-order valence-corrected chi connectivity index (χ4v) is 2.13. The van der Waals surface area contributed by atoms with Crippen molar-refractivity contribution in [2.45, 2.75) is 19.3 Å². The molecular weight excluding hydrogens is 318 g/mol. The van der Waals surface area contributed by atoms with Crippen LogP contribution in [0.1, 0.15) is 18.7 Å². The minimum absolute atomic E-state index is 0. The molecule has 2 N–H and O–H groups in total. The van der Waals surface area contributed by atoms with Crippen molar-refractivity contribution in [3.63, 3.8) is 0 Å². The molecule has 1 aromatic heterocycles. The molecule has 0 radical (unpaired) electrons. The Balaban J connectivity index is 0.00000120. The largest absolute Gasteiger partial charge is 0.398 e. The van der Waals surface area contributed by atoms with E-state index in [0.29, 0.717) is 11.6 Å². The van der Waals surface area contributed by atoms with Crippen LogP contribution in [-0.4, -0.2) is 10.1 Å². The summed E-state index contributed by atoms with van der Waals surface area (Å²) in [5.41, 5.74) is 7.35. The van der Waals surface area contributed by atoms with Gasteiger partial charge in [0.15, 0.2) is 5.82 Å². The van der Waals surface area contributed by atoms with Crippen molar-refractivity contribution in [3.8, 4) is 11.5 Å². The maximum atomic E-state index is 5.92. The van der Waals surface area contributed by atoms with Crippen LogP contribution in [0, 0.1) is 5.92 Å². The summed E-state index contributed by atoms with van der Waals surface area (Å²) < 4.78 is 6.18. The van der Waals surface area contributed by atoms with Crippen molar-refractivity contribution >= 4 is 34.0 Å².